The van der Waals surface area contributed by atoms with E-state index in [0.717, 1.165) is 12.8 Å². The van der Waals surface area contributed by atoms with Gasteiger partial charge in [0.25, 0.3) is 0 Å². The van der Waals surface area contributed by atoms with Gasteiger partial charge in [0.1, 0.15) is 0 Å². The van der Waals surface area contributed by atoms with Crippen molar-refractivity contribution in [1.82, 2.24) is 5.32 Å². The van der Waals surface area contributed by atoms with E-state index in [2.05, 4.69) is 11.4 Å². The van der Waals surface area contributed by atoms with Crippen molar-refractivity contribution in [3.05, 3.63) is 0 Å². The molecule has 1 amide bonds. The molecule has 0 rings (SSSR count). The molecule has 15 heavy (non-hydrogen) atoms. The summed E-state index contributed by atoms with van der Waals surface area (Å²) in [5.41, 5.74) is 5.77. The Bertz CT molecular complexity index is 220. The average Bonchev–Trinajstić information content (AvgIpc) is 2.17. The van der Waals surface area contributed by atoms with E-state index in [9.17, 15) is 4.79 Å². The van der Waals surface area contributed by atoms with Crippen LogP contribution in [0.4, 0.5) is 0 Å². The summed E-state index contributed by atoms with van der Waals surface area (Å²) < 4.78 is 0. The lowest BCUT2D eigenvalue weighted by molar-refractivity contribution is -0.121. The van der Waals surface area contributed by atoms with Gasteiger partial charge in [0.05, 0.1) is 6.07 Å². The lowest BCUT2D eigenvalue weighted by Crippen LogP contribution is -2.35. The van der Waals surface area contributed by atoms with Crippen LogP contribution in [0.5, 0.6) is 0 Å². The zero-order valence-corrected chi connectivity index (χ0v) is 9.62. The van der Waals surface area contributed by atoms with E-state index in [-0.39, 0.29) is 11.9 Å². The number of hydrogen-bond acceptors (Lipinski definition) is 3. The Morgan fingerprint density at radius 2 is 2.13 bits per heavy atom. The van der Waals surface area contributed by atoms with Gasteiger partial charge in [0.15, 0.2) is 0 Å². The highest BCUT2D eigenvalue weighted by molar-refractivity contribution is 5.76. The maximum atomic E-state index is 11.3. The summed E-state index contributed by atoms with van der Waals surface area (Å²) in [5.74, 6) is 0.336. The molecule has 0 aromatic carbocycles. The number of nitrogens with two attached hydrogens (primary N) is 1. The summed E-state index contributed by atoms with van der Waals surface area (Å²) in [6.07, 6.45) is 2.64. The second kappa shape index (κ2) is 8.25. The van der Waals surface area contributed by atoms with Crippen LogP contribution in [-0.2, 0) is 4.79 Å². The van der Waals surface area contributed by atoms with Gasteiger partial charge in [-0.05, 0) is 18.8 Å². The van der Waals surface area contributed by atoms with E-state index in [0.29, 0.717) is 25.3 Å². The number of carbonyl (C=O) groups is 1. The molecule has 0 aliphatic carbocycles. The Kier molecular flexibility index (Phi) is 7.65. The Hall–Kier alpha value is -1.08. The van der Waals surface area contributed by atoms with Crippen molar-refractivity contribution in [3.63, 3.8) is 0 Å². The third-order valence-corrected chi connectivity index (χ3v) is 2.31. The SMILES string of the molecule is CC(C)C(N)CC(=O)NCCCCC#N. The third-order valence-electron chi connectivity index (χ3n) is 2.31. The summed E-state index contributed by atoms with van der Waals surface area (Å²) in [5, 5.41) is 11.1. The molecular formula is C11H21N3O. The van der Waals surface area contributed by atoms with Gasteiger partial charge in [0, 0.05) is 25.4 Å². The highest BCUT2D eigenvalue weighted by Crippen LogP contribution is 2.02. The molecule has 0 fully saturated rings. The molecule has 0 aromatic rings. The van der Waals surface area contributed by atoms with Gasteiger partial charge in [-0.25, -0.2) is 0 Å². The second-order valence-electron chi connectivity index (χ2n) is 4.08. The first kappa shape index (κ1) is 13.9. The summed E-state index contributed by atoms with van der Waals surface area (Å²) >= 11 is 0. The molecule has 4 heteroatoms. The minimum absolute atomic E-state index is 0.00755. The third kappa shape index (κ3) is 7.95. The molecule has 4 nitrogen and oxygen atoms in total. The molecule has 0 aliphatic heterocycles. The van der Waals surface area contributed by atoms with E-state index >= 15 is 0 Å². The Labute approximate surface area is 91.8 Å². The van der Waals surface area contributed by atoms with Crippen LogP contribution in [0.15, 0.2) is 0 Å². The van der Waals surface area contributed by atoms with E-state index in [1.54, 1.807) is 0 Å². The molecule has 3 N–H and O–H groups in total. The van der Waals surface area contributed by atoms with E-state index in [4.69, 9.17) is 11.0 Å². The van der Waals surface area contributed by atoms with Gasteiger partial charge in [0.2, 0.25) is 5.91 Å². The van der Waals surface area contributed by atoms with Crippen LogP contribution >= 0.6 is 0 Å². The summed E-state index contributed by atoms with van der Waals surface area (Å²) in [7, 11) is 0. The predicted molar refractivity (Wildman–Crippen MR) is 59.9 cm³/mol. The molecule has 0 saturated carbocycles. The predicted octanol–water partition coefficient (Wildman–Crippen LogP) is 1.17. The van der Waals surface area contributed by atoms with Crippen LogP contribution < -0.4 is 11.1 Å². The van der Waals surface area contributed by atoms with Gasteiger partial charge >= 0.3 is 0 Å². The van der Waals surface area contributed by atoms with Crippen molar-refractivity contribution in [2.45, 2.75) is 45.6 Å². The Balaban J connectivity index is 3.46. The van der Waals surface area contributed by atoms with E-state index in [1.807, 2.05) is 13.8 Å². The highest BCUT2D eigenvalue weighted by atomic mass is 16.1. The summed E-state index contributed by atoms with van der Waals surface area (Å²) in [4.78, 5) is 11.3. The zero-order chi connectivity index (χ0) is 11.7. The normalized spacial score (nSPS) is 12.2. The fourth-order valence-electron chi connectivity index (χ4n) is 1.08. The molecule has 0 aromatic heterocycles. The standard InChI is InChI=1S/C11H21N3O/c1-9(2)10(13)8-11(15)14-7-5-3-4-6-12/h9-10H,3-5,7-8,13H2,1-2H3,(H,14,15). The molecule has 0 heterocycles. The number of amides is 1. The number of nitriles is 1. The molecule has 1 unspecified atom stereocenters. The number of nitrogens with one attached hydrogen (secondary N) is 1. The van der Waals surface area contributed by atoms with Crippen molar-refractivity contribution in [2.24, 2.45) is 11.7 Å². The van der Waals surface area contributed by atoms with Crippen LogP contribution in [0.3, 0.4) is 0 Å². The minimum atomic E-state index is -0.0656. The largest absolute Gasteiger partial charge is 0.356 e. The number of rotatable bonds is 7. The van der Waals surface area contributed by atoms with Crippen molar-refractivity contribution in [3.8, 4) is 6.07 Å². The lowest BCUT2D eigenvalue weighted by Gasteiger charge is -2.14. The van der Waals surface area contributed by atoms with Gasteiger partial charge in [-0.2, -0.15) is 5.26 Å². The molecule has 0 spiro atoms. The molecule has 86 valence electrons. The molecule has 0 bridgehead atoms. The Morgan fingerprint density at radius 1 is 1.47 bits per heavy atom. The second-order valence-corrected chi connectivity index (χ2v) is 4.08. The van der Waals surface area contributed by atoms with Gasteiger partial charge in [-0.3, -0.25) is 4.79 Å². The van der Waals surface area contributed by atoms with E-state index in [1.165, 1.54) is 0 Å². The number of nitrogens with zero attached hydrogens (tertiary/aromatic N) is 1. The average molecular weight is 211 g/mol. The van der Waals surface area contributed by atoms with Crippen LogP contribution in [0.1, 0.15) is 39.5 Å². The fourth-order valence-corrected chi connectivity index (χ4v) is 1.08. The van der Waals surface area contributed by atoms with Crippen molar-refractivity contribution in [1.29, 1.82) is 5.26 Å². The monoisotopic (exact) mass is 211 g/mol. The number of hydrogen-bond donors (Lipinski definition) is 2. The Morgan fingerprint density at radius 3 is 2.67 bits per heavy atom. The van der Waals surface area contributed by atoms with E-state index < -0.39 is 0 Å². The molecular weight excluding hydrogens is 190 g/mol. The smallest absolute Gasteiger partial charge is 0.221 e. The first-order valence-electron chi connectivity index (χ1n) is 5.47. The lowest BCUT2D eigenvalue weighted by atomic mass is 10.0. The van der Waals surface area contributed by atoms with Crippen LogP contribution in [0, 0.1) is 17.2 Å². The topological polar surface area (TPSA) is 78.9 Å². The minimum Gasteiger partial charge on any atom is -0.356 e. The van der Waals surface area contributed by atoms with Crippen LogP contribution in [0.25, 0.3) is 0 Å². The van der Waals surface area contributed by atoms with Crippen molar-refractivity contribution in [2.75, 3.05) is 6.54 Å². The van der Waals surface area contributed by atoms with Crippen LogP contribution in [0.2, 0.25) is 0 Å². The fraction of sp³-hybridized carbons (Fsp3) is 0.818. The van der Waals surface area contributed by atoms with Crippen LogP contribution in [-0.4, -0.2) is 18.5 Å². The van der Waals surface area contributed by atoms with Gasteiger partial charge < -0.3 is 11.1 Å². The number of unbranched alkanes of at least 4 members (excludes halogenated alkanes) is 2. The van der Waals surface area contributed by atoms with Crippen molar-refractivity contribution >= 4 is 5.91 Å². The quantitative estimate of drug-likeness (QED) is 0.620. The molecule has 0 aliphatic rings. The van der Waals surface area contributed by atoms with Gasteiger partial charge in [-0.15, -0.1) is 0 Å². The molecule has 0 saturated heterocycles. The maximum absolute atomic E-state index is 11.3. The molecule has 1 atom stereocenters. The molecule has 0 radical (unpaired) electrons. The summed E-state index contributed by atoms with van der Waals surface area (Å²) in [6.45, 7) is 4.65. The maximum Gasteiger partial charge on any atom is 0.221 e. The highest BCUT2D eigenvalue weighted by Gasteiger charge is 2.11. The summed E-state index contributed by atoms with van der Waals surface area (Å²) in [6, 6.07) is 2.00. The van der Waals surface area contributed by atoms with Gasteiger partial charge in [-0.1, -0.05) is 13.8 Å². The zero-order valence-electron chi connectivity index (χ0n) is 9.62. The first-order valence-corrected chi connectivity index (χ1v) is 5.47. The first-order chi connectivity index (χ1) is 7.07. The number of carbonyl (C=O) groups excluding carboxylic acids is 1. The van der Waals surface area contributed by atoms with Crippen molar-refractivity contribution < 1.29 is 4.79 Å².